The van der Waals surface area contributed by atoms with Gasteiger partial charge in [-0.15, -0.1) is 0 Å². The topological polar surface area (TPSA) is 77.8 Å². The number of pyridine rings is 1. The number of hydrogen-bond acceptors (Lipinski definition) is 6. The summed E-state index contributed by atoms with van der Waals surface area (Å²) in [5.74, 6) is 1.17. The molecule has 7 heteroatoms. The maximum absolute atomic E-state index is 5.03. The predicted molar refractivity (Wildman–Crippen MR) is 77.3 cm³/mol. The van der Waals surface area contributed by atoms with Crippen molar-refractivity contribution in [1.29, 1.82) is 0 Å². The number of para-hydroxylation sites is 1. The molecule has 2 heterocycles. The van der Waals surface area contributed by atoms with E-state index in [2.05, 4.69) is 25.8 Å². The van der Waals surface area contributed by atoms with Crippen molar-refractivity contribution in [3.05, 3.63) is 54.2 Å². The lowest BCUT2D eigenvalue weighted by molar-refractivity contribution is 0.397. The highest BCUT2D eigenvalue weighted by molar-refractivity contribution is 5.38. The molecule has 1 aromatic carbocycles. The zero-order valence-electron chi connectivity index (χ0n) is 11.5. The molecule has 7 nitrogen and oxygen atoms in total. The van der Waals surface area contributed by atoms with Gasteiger partial charge in [0.05, 0.1) is 12.8 Å². The van der Waals surface area contributed by atoms with Gasteiger partial charge >= 0.3 is 0 Å². The van der Waals surface area contributed by atoms with Crippen molar-refractivity contribution in [2.75, 3.05) is 12.4 Å². The summed E-state index contributed by atoms with van der Waals surface area (Å²) in [6.07, 6.45) is 1.75. The standard InChI is InChI=1S/C14H14N6O/c1-21-13-8-7-11(9-15-13)10-16-14-17-18-19-20(14)12-5-3-2-4-6-12/h2-9H,10H2,1H3,(H,16,17,19). The first-order valence-corrected chi connectivity index (χ1v) is 6.43. The van der Waals surface area contributed by atoms with Gasteiger partial charge in [-0.25, -0.2) is 4.98 Å². The van der Waals surface area contributed by atoms with Crippen LogP contribution in [-0.4, -0.2) is 32.3 Å². The zero-order chi connectivity index (χ0) is 14.5. The Bertz CT molecular complexity index is 695. The summed E-state index contributed by atoms with van der Waals surface area (Å²) in [5.41, 5.74) is 1.91. The molecule has 0 saturated heterocycles. The summed E-state index contributed by atoms with van der Waals surface area (Å²) in [4.78, 5) is 4.16. The number of nitrogens with zero attached hydrogens (tertiary/aromatic N) is 5. The summed E-state index contributed by atoms with van der Waals surface area (Å²) in [5, 5.41) is 14.9. The van der Waals surface area contributed by atoms with Crippen molar-refractivity contribution >= 4 is 5.95 Å². The average molecular weight is 282 g/mol. The molecule has 0 bridgehead atoms. The van der Waals surface area contributed by atoms with Crippen LogP contribution in [0.1, 0.15) is 5.56 Å². The van der Waals surface area contributed by atoms with Crippen LogP contribution in [0, 0.1) is 0 Å². The first-order valence-electron chi connectivity index (χ1n) is 6.43. The Morgan fingerprint density at radius 3 is 2.71 bits per heavy atom. The normalized spacial score (nSPS) is 10.3. The molecule has 0 unspecified atom stereocenters. The summed E-state index contributed by atoms with van der Waals surface area (Å²) in [7, 11) is 1.59. The molecule has 1 N–H and O–H groups in total. The van der Waals surface area contributed by atoms with Gasteiger partial charge in [0.1, 0.15) is 0 Å². The van der Waals surface area contributed by atoms with Crippen LogP contribution in [0.25, 0.3) is 5.69 Å². The van der Waals surface area contributed by atoms with Crippen LogP contribution in [0.15, 0.2) is 48.7 Å². The van der Waals surface area contributed by atoms with Crippen molar-refractivity contribution in [3.63, 3.8) is 0 Å². The molecule has 21 heavy (non-hydrogen) atoms. The number of aromatic nitrogens is 5. The van der Waals surface area contributed by atoms with E-state index in [1.54, 1.807) is 18.0 Å². The Labute approximate surface area is 121 Å². The first kappa shape index (κ1) is 13.0. The minimum Gasteiger partial charge on any atom is -0.481 e. The molecule has 3 aromatic rings. The second kappa shape index (κ2) is 6.00. The van der Waals surface area contributed by atoms with Crippen molar-refractivity contribution in [2.24, 2.45) is 0 Å². The molecule has 106 valence electrons. The molecule has 0 spiro atoms. The number of nitrogens with one attached hydrogen (secondary N) is 1. The fourth-order valence-corrected chi connectivity index (χ4v) is 1.86. The van der Waals surface area contributed by atoms with E-state index >= 15 is 0 Å². The maximum atomic E-state index is 5.03. The van der Waals surface area contributed by atoms with E-state index < -0.39 is 0 Å². The van der Waals surface area contributed by atoms with E-state index in [9.17, 15) is 0 Å². The minimum atomic E-state index is 0.574. The molecule has 0 aliphatic heterocycles. The molecule has 0 saturated carbocycles. The molecule has 0 aliphatic carbocycles. The summed E-state index contributed by atoms with van der Waals surface area (Å²) in [6.45, 7) is 0.574. The first-order chi connectivity index (χ1) is 10.4. The average Bonchev–Trinajstić information content (AvgIpc) is 3.03. The summed E-state index contributed by atoms with van der Waals surface area (Å²) < 4.78 is 6.68. The molecule has 0 radical (unpaired) electrons. The van der Waals surface area contributed by atoms with E-state index in [0.29, 0.717) is 18.4 Å². The van der Waals surface area contributed by atoms with E-state index in [4.69, 9.17) is 4.74 Å². The Balaban J connectivity index is 1.72. The highest BCUT2D eigenvalue weighted by Gasteiger charge is 2.07. The lowest BCUT2D eigenvalue weighted by Crippen LogP contribution is -2.07. The molecule has 0 atom stereocenters. The Morgan fingerprint density at radius 1 is 1.14 bits per heavy atom. The number of anilines is 1. The third-order valence-electron chi connectivity index (χ3n) is 2.93. The van der Waals surface area contributed by atoms with Gasteiger partial charge in [-0.2, -0.15) is 4.68 Å². The number of methoxy groups -OCH3 is 1. The maximum Gasteiger partial charge on any atom is 0.248 e. The second-order valence-electron chi connectivity index (χ2n) is 4.31. The third-order valence-corrected chi connectivity index (χ3v) is 2.93. The van der Waals surface area contributed by atoms with Gasteiger partial charge in [-0.3, -0.25) is 0 Å². The van der Waals surface area contributed by atoms with E-state index in [0.717, 1.165) is 11.3 Å². The number of ether oxygens (including phenoxy) is 1. The molecular weight excluding hydrogens is 268 g/mol. The van der Waals surface area contributed by atoms with E-state index in [-0.39, 0.29) is 0 Å². The smallest absolute Gasteiger partial charge is 0.248 e. The van der Waals surface area contributed by atoms with Crippen LogP contribution in [-0.2, 0) is 6.54 Å². The van der Waals surface area contributed by atoms with Crippen LogP contribution in [0.2, 0.25) is 0 Å². The Morgan fingerprint density at radius 2 is 2.00 bits per heavy atom. The lowest BCUT2D eigenvalue weighted by Gasteiger charge is -2.07. The zero-order valence-corrected chi connectivity index (χ0v) is 11.5. The van der Waals surface area contributed by atoms with Gasteiger partial charge in [0.15, 0.2) is 0 Å². The minimum absolute atomic E-state index is 0.574. The molecule has 0 amide bonds. The number of rotatable bonds is 5. The second-order valence-corrected chi connectivity index (χ2v) is 4.31. The largest absolute Gasteiger partial charge is 0.481 e. The number of benzene rings is 1. The highest BCUT2D eigenvalue weighted by atomic mass is 16.5. The van der Waals surface area contributed by atoms with Gasteiger partial charge in [0, 0.05) is 18.8 Å². The molecule has 0 fully saturated rings. The van der Waals surface area contributed by atoms with Gasteiger partial charge in [0.2, 0.25) is 11.8 Å². The van der Waals surface area contributed by atoms with E-state index in [1.165, 1.54) is 0 Å². The SMILES string of the molecule is COc1ccc(CNc2nnnn2-c2ccccc2)cn1. The fourth-order valence-electron chi connectivity index (χ4n) is 1.86. The molecule has 3 rings (SSSR count). The van der Waals surface area contributed by atoms with Crippen molar-refractivity contribution in [1.82, 2.24) is 25.2 Å². The van der Waals surface area contributed by atoms with Crippen LogP contribution in [0.4, 0.5) is 5.95 Å². The van der Waals surface area contributed by atoms with Gasteiger partial charge < -0.3 is 10.1 Å². The van der Waals surface area contributed by atoms with Crippen LogP contribution < -0.4 is 10.1 Å². The number of hydrogen-bond donors (Lipinski definition) is 1. The predicted octanol–water partition coefficient (Wildman–Crippen LogP) is 1.68. The van der Waals surface area contributed by atoms with Crippen LogP contribution in [0.3, 0.4) is 0 Å². The lowest BCUT2D eigenvalue weighted by atomic mass is 10.3. The Hall–Kier alpha value is -2.96. The molecule has 0 aliphatic rings. The van der Waals surface area contributed by atoms with Crippen LogP contribution in [0.5, 0.6) is 5.88 Å². The third kappa shape index (κ3) is 2.97. The van der Waals surface area contributed by atoms with Gasteiger partial charge in [-0.05, 0) is 28.1 Å². The quantitative estimate of drug-likeness (QED) is 0.767. The highest BCUT2D eigenvalue weighted by Crippen LogP contribution is 2.12. The van der Waals surface area contributed by atoms with Gasteiger partial charge in [-0.1, -0.05) is 29.4 Å². The molecular formula is C14H14N6O. The van der Waals surface area contributed by atoms with Gasteiger partial charge in [0.25, 0.3) is 0 Å². The summed E-state index contributed by atoms with van der Waals surface area (Å²) >= 11 is 0. The molecule has 2 aromatic heterocycles. The van der Waals surface area contributed by atoms with Crippen molar-refractivity contribution < 1.29 is 4.74 Å². The van der Waals surface area contributed by atoms with Crippen LogP contribution >= 0.6 is 0 Å². The monoisotopic (exact) mass is 282 g/mol. The fraction of sp³-hybridized carbons (Fsp3) is 0.143. The summed E-state index contributed by atoms with van der Waals surface area (Å²) in [6, 6.07) is 13.5. The van der Waals surface area contributed by atoms with Crippen molar-refractivity contribution in [3.8, 4) is 11.6 Å². The van der Waals surface area contributed by atoms with E-state index in [1.807, 2.05) is 42.5 Å². The van der Waals surface area contributed by atoms with Crippen molar-refractivity contribution in [2.45, 2.75) is 6.54 Å². The number of tetrazole rings is 1. The Kier molecular flexibility index (Phi) is 3.72.